The molecule has 7 heavy (non-hydrogen) atoms. The summed E-state index contributed by atoms with van der Waals surface area (Å²) in [6.07, 6.45) is 0.569. The van der Waals surface area contributed by atoms with E-state index in [0.29, 0.717) is 13.0 Å². The van der Waals surface area contributed by atoms with Gasteiger partial charge in [0.25, 0.3) is 0 Å². The van der Waals surface area contributed by atoms with Crippen molar-refractivity contribution in [3.8, 4) is 0 Å². The molecular formula is C4H10NO2+. The lowest BCUT2D eigenvalue weighted by Crippen LogP contribution is -2.03. The van der Waals surface area contributed by atoms with E-state index in [0.717, 1.165) is 4.76 Å². The quantitative estimate of drug-likeness (QED) is 0.503. The molecule has 0 aliphatic heterocycles. The Hall–Kier alpha value is -0.440. The molecule has 0 rings (SSSR count). The number of rotatable bonds is 3. The highest BCUT2D eigenvalue weighted by atomic mass is 16.3. The third-order valence-electron chi connectivity index (χ3n) is 0.631. The van der Waals surface area contributed by atoms with Crippen molar-refractivity contribution in [3.05, 3.63) is 4.91 Å². The second-order valence-electron chi connectivity index (χ2n) is 1.43. The molecule has 3 nitrogen and oxygen atoms in total. The Kier molecular flexibility index (Phi) is 3.50. The zero-order chi connectivity index (χ0) is 5.70. The first kappa shape index (κ1) is 6.56. The third-order valence-corrected chi connectivity index (χ3v) is 0.631. The van der Waals surface area contributed by atoms with Gasteiger partial charge in [-0.3, -0.25) is 0 Å². The van der Waals surface area contributed by atoms with Crippen LogP contribution in [-0.2, 0) is 0 Å². The first-order valence-corrected chi connectivity index (χ1v) is 2.26. The summed E-state index contributed by atoms with van der Waals surface area (Å²) in [5, 5.41) is 8.15. The van der Waals surface area contributed by atoms with Crippen molar-refractivity contribution in [3.63, 3.8) is 0 Å². The molecule has 0 amide bonds. The zero-order valence-corrected chi connectivity index (χ0v) is 4.42. The number of hydrogen-bond acceptors (Lipinski definition) is 2. The molecule has 0 saturated heterocycles. The van der Waals surface area contributed by atoms with Crippen molar-refractivity contribution >= 4 is 0 Å². The Morgan fingerprint density at radius 3 is 2.43 bits per heavy atom. The molecule has 1 N–H and O–H groups in total. The zero-order valence-electron chi connectivity index (χ0n) is 4.42. The minimum atomic E-state index is 0.104. The van der Waals surface area contributed by atoms with Crippen molar-refractivity contribution in [2.45, 2.75) is 6.42 Å². The molecule has 0 aromatic rings. The first-order chi connectivity index (χ1) is 3.27. The Morgan fingerprint density at radius 2 is 2.29 bits per heavy atom. The van der Waals surface area contributed by atoms with Gasteiger partial charge in [0.05, 0.1) is 0 Å². The van der Waals surface area contributed by atoms with Crippen molar-refractivity contribution in [1.29, 1.82) is 0 Å². The summed E-state index contributed by atoms with van der Waals surface area (Å²) in [4.78, 5) is 10.0. The van der Waals surface area contributed by atoms with Crippen LogP contribution >= 0.6 is 0 Å². The predicted molar refractivity (Wildman–Crippen MR) is 26.1 cm³/mol. The summed E-state index contributed by atoms with van der Waals surface area (Å²) < 4.78 is 0.802. The van der Waals surface area contributed by atoms with Gasteiger partial charge < -0.3 is 5.11 Å². The van der Waals surface area contributed by atoms with Crippen LogP contribution in [0.5, 0.6) is 0 Å². The molecular weight excluding hydrogens is 94.0 g/mol. The lowest BCUT2D eigenvalue weighted by atomic mass is 10.5. The number of aliphatic hydroxyl groups is 1. The molecule has 0 atom stereocenters. The van der Waals surface area contributed by atoms with Gasteiger partial charge in [0.2, 0.25) is 0 Å². The van der Waals surface area contributed by atoms with Crippen molar-refractivity contribution in [2.24, 2.45) is 0 Å². The normalized spacial score (nSPS) is 8.86. The van der Waals surface area contributed by atoms with Crippen LogP contribution in [0.3, 0.4) is 0 Å². The lowest BCUT2D eigenvalue weighted by molar-refractivity contribution is -0.519. The highest BCUT2D eigenvalue weighted by molar-refractivity contribution is 4.24. The van der Waals surface area contributed by atoms with Crippen LogP contribution in [0.25, 0.3) is 0 Å². The average Bonchev–Trinajstić information content (AvgIpc) is 1.61. The van der Waals surface area contributed by atoms with Crippen LogP contribution in [0, 0.1) is 4.91 Å². The summed E-state index contributed by atoms with van der Waals surface area (Å²) in [6, 6.07) is 0. The maximum atomic E-state index is 10.0. The molecule has 0 radical (unpaired) electrons. The van der Waals surface area contributed by atoms with Gasteiger partial charge in [-0.1, -0.05) is 0 Å². The van der Waals surface area contributed by atoms with E-state index in [4.69, 9.17) is 5.11 Å². The van der Waals surface area contributed by atoms with Crippen LogP contribution in [0.15, 0.2) is 0 Å². The molecule has 0 aromatic carbocycles. The summed E-state index contributed by atoms with van der Waals surface area (Å²) >= 11 is 0. The van der Waals surface area contributed by atoms with Crippen LogP contribution in [-0.4, -0.2) is 30.1 Å². The fraction of sp³-hybridized carbons (Fsp3) is 1.00. The topological polar surface area (TPSA) is 40.3 Å². The van der Waals surface area contributed by atoms with Crippen molar-refractivity contribution < 1.29 is 9.87 Å². The van der Waals surface area contributed by atoms with Crippen LogP contribution < -0.4 is 0 Å². The minimum absolute atomic E-state index is 0.104. The Balaban J connectivity index is 2.82. The molecule has 0 aliphatic rings. The Morgan fingerprint density at radius 1 is 1.71 bits per heavy atom. The Labute approximate surface area is 42.5 Å². The van der Waals surface area contributed by atoms with E-state index < -0.39 is 0 Å². The van der Waals surface area contributed by atoms with Crippen molar-refractivity contribution in [2.75, 3.05) is 20.2 Å². The summed E-state index contributed by atoms with van der Waals surface area (Å²) in [6.45, 7) is 0.531. The molecule has 0 saturated carbocycles. The number of nitroso groups, excluding NO2 is 1. The van der Waals surface area contributed by atoms with Gasteiger partial charge >= 0.3 is 0 Å². The van der Waals surface area contributed by atoms with Gasteiger partial charge in [-0.05, 0) is 4.76 Å². The maximum Gasteiger partial charge on any atom is 0.193 e. The van der Waals surface area contributed by atoms with Gasteiger partial charge in [0.1, 0.15) is 0 Å². The second kappa shape index (κ2) is 3.74. The van der Waals surface area contributed by atoms with Crippen LogP contribution in [0.4, 0.5) is 0 Å². The fourth-order valence-corrected chi connectivity index (χ4v) is 0.293. The molecule has 3 heteroatoms. The lowest BCUT2D eigenvalue weighted by Gasteiger charge is -1.81. The highest BCUT2D eigenvalue weighted by Crippen LogP contribution is 1.73. The monoisotopic (exact) mass is 104 g/mol. The number of hydrogen-bond donors (Lipinski definition) is 1. The standard InChI is InChI=1S/C4H10NO2/c1-5(7)3-2-4-6/h6H,2-4H2,1H3/q+1. The summed E-state index contributed by atoms with van der Waals surface area (Å²) in [5.74, 6) is 0. The Bertz CT molecular complexity index is 62.7. The molecule has 0 aliphatic carbocycles. The van der Waals surface area contributed by atoms with Crippen molar-refractivity contribution in [1.82, 2.24) is 0 Å². The van der Waals surface area contributed by atoms with E-state index >= 15 is 0 Å². The van der Waals surface area contributed by atoms with Crippen LogP contribution in [0.1, 0.15) is 6.42 Å². The van der Waals surface area contributed by atoms with Gasteiger partial charge in [-0.15, -0.1) is 0 Å². The maximum absolute atomic E-state index is 10.0. The minimum Gasteiger partial charge on any atom is -0.396 e. The molecule has 0 aromatic heterocycles. The van der Waals surface area contributed by atoms with Crippen LogP contribution in [0.2, 0.25) is 0 Å². The second-order valence-corrected chi connectivity index (χ2v) is 1.43. The number of aliphatic hydroxyl groups excluding tert-OH is 1. The molecule has 0 spiro atoms. The molecule has 0 unspecified atom stereocenters. The van der Waals surface area contributed by atoms with E-state index in [2.05, 4.69) is 0 Å². The summed E-state index contributed by atoms with van der Waals surface area (Å²) in [5.41, 5.74) is 0. The highest BCUT2D eigenvalue weighted by Gasteiger charge is 1.93. The van der Waals surface area contributed by atoms with E-state index in [9.17, 15) is 4.91 Å². The van der Waals surface area contributed by atoms with Gasteiger partial charge in [0, 0.05) is 17.9 Å². The van der Waals surface area contributed by atoms with E-state index in [1.807, 2.05) is 0 Å². The molecule has 42 valence electrons. The molecule has 0 fully saturated rings. The van der Waals surface area contributed by atoms with Gasteiger partial charge in [-0.25, -0.2) is 0 Å². The SMILES string of the molecule is C[N+](=O)CCCO. The third kappa shape index (κ3) is 5.56. The smallest absolute Gasteiger partial charge is 0.193 e. The average molecular weight is 104 g/mol. The van der Waals surface area contributed by atoms with E-state index in [-0.39, 0.29) is 6.61 Å². The van der Waals surface area contributed by atoms with Gasteiger partial charge in [-0.2, -0.15) is 0 Å². The fourth-order valence-electron chi connectivity index (χ4n) is 0.293. The van der Waals surface area contributed by atoms with E-state index in [1.165, 1.54) is 7.05 Å². The summed E-state index contributed by atoms with van der Waals surface area (Å²) in [7, 11) is 1.44. The number of nitrogens with zero attached hydrogens (tertiary/aromatic N) is 1. The van der Waals surface area contributed by atoms with Gasteiger partial charge in [0.15, 0.2) is 13.6 Å². The molecule has 0 bridgehead atoms. The molecule has 0 heterocycles. The largest absolute Gasteiger partial charge is 0.396 e. The first-order valence-electron chi connectivity index (χ1n) is 2.26. The van der Waals surface area contributed by atoms with E-state index in [1.54, 1.807) is 0 Å². The predicted octanol–water partition coefficient (Wildman–Crippen LogP) is -0.223.